The Morgan fingerprint density at radius 2 is 2.42 bits per heavy atom. The Hall–Kier alpha value is -0.610. The van der Waals surface area contributed by atoms with Crippen molar-refractivity contribution in [3.8, 4) is 0 Å². The predicted octanol–water partition coefficient (Wildman–Crippen LogP) is 0.528. The molecule has 1 saturated heterocycles. The summed E-state index contributed by atoms with van der Waals surface area (Å²) < 4.78 is 9.84. The molecular weight excluding hydrogens is 160 g/mol. The zero-order valence-corrected chi connectivity index (χ0v) is 7.12. The SMILES string of the molecule is CCC(=O)OC1CCOCC1[O]. The lowest BCUT2D eigenvalue weighted by atomic mass is 10.1. The van der Waals surface area contributed by atoms with Gasteiger partial charge in [0.05, 0.1) is 13.2 Å². The first kappa shape index (κ1) is 9.48. The van der Waals surface area contributed by atoms with E-state index in [9.17, 15) is 9.90 Å². The maximum atomic E-state index is 11.1. The highest BCUT2D eigenvalue weighted by atomic mass is 16.6. The summed E-state index contributed by atoms with van der Waals surface area (Å²) in [5, 5.41) is 11.1. The Kier molecular flexibility index (Phi) is 3.49. The largest absolute Gasteiger partial charge is 0.459 e. The van der Waals surface area contributed by atoms with E-state index in [2.05, 4.69) is 0 Å². The van der Waals surface area contributed by atoms with Crippen LogP contribution in [0.1, 0.15) is 19.8 Å². The van der Waals surface area contributed by atoms with Crippen LogP contribution in [0.25, 0.3) is 0 Å². The molecule has 0 spiro atoms. The van der Waals surface area contributed by atoms with Crippen molar-refractivity contribution in [2.24, 2.45) is 0 Å². The molecule has 4 nitrogen and oxygen atoms in total. The maximum absolute atomic E-state index is 11.1. The molecule has 0 aromatic carbocycles. The van der Waals surface area contributed by atoms with Gasteiger partial charge in [0.15, 0.2) is 6.10 Å². The third kappa shape index (κ3) is 2.46. The fourth-order valence-electron chi connectivity index (χ4n) is 1.08. The lowest BCUT2D eigenvalue weighted by molar-refractivity contribution is -0.171. The number of esters is 1. The quantitative estimate of drug-likeness (QED) is 0.572. The molecule has 4 heteroatoms. The van der Waals surface area contributed by atoms with Gasteiger partial charge in [0.2, 0.25) is 0 Å². The van der Waals surface area contributed by atoms with Crippen molar-refractivity contribution in [1.82, 2.24) is 0 Å². The standard InChI is InChI=1S/C8H13O4/c1-2-8(10)12-7-3-4-11-5-6(7)9/h6-7H,2-5H2,1H3. The van der Waals surface area contributed by atoms with Crippen LogP contribution in [0, 0.1) is 0 Å². The van der Waals surface area contributed by atoms with Crippen molar-refractivity contribution in [3.63, 3.8) is 0 Å². The van der Waals surface area contributed by atoms with Gasteiger partial charge in [0, 0.05) is 12.8 Å². The third-order valence-corrected chi connectivity index (χ3v) is 1.81. The average Bonchev–Trinajstić information content (AvgIpc) is 2.09. The van der Waals surface area contributed by atoms with Gasteiger partial charge < -0.3 is 9.47 Å². The number of hydrogen-bond donors (Lipinski definition) is 0. The van der Waals surface area contributed by atoms with E-state index in [4.69, 9.17) is 9.47 Å². The fourth-order valence-corrected chi connectivity index (χ4v) is 1.08. The summed E-state index contributed by atoms with van der Waals surface area (Å²) in [6.07, 6.45) is -0.537. The molecular formula is C8H13O4. The zero-order valence-electron chi connectivity index (χ0n) is 7.12. The van der Waals surface area contributed by atoms with Crippen LogP contribution in [0.2, 0.25) is 0 Å². The smallest absolute Gasteiger partial charge is 0.305 e. The molecule has 1 radical (unpaired) electrons. The summed E-state index contributed by atoms with van der Waals surface area (Å²) in [6, 6.07) is 0. The van der Waals surface area contributed by atoms with E-state index in [1.165, 1.54) is 0 Å². The Morgan fingerprint density at radius 1 is 1.67 bits per heavy atom. The van der Waals surface area contributed by atoms with Gasteiger partial charge in [-0.2, -0.15) is 0 Å². The molecule has 2 unspecified atom stereocenters. The van der Waals surface area contributed by atoms with E-state index in [1.807, 2.05) is 0 Å². The normalized spacial score (nSPS) is 29.8. The van der Waals surface area contributed by atoms with Crippen LogP contribution in [-0.4, -0.2) is 31.4 Å². The van der Waals surface area contributed by atoms with Gasteiger partial charge in [0.1, 0.15) is 6.10 Å². The van der Waals surface area contributed by atoms with E-state index < -0.39 is 12.2 Å². The van der Waals surface area contributed by atoms with Crippen molar-refractivity contribution < 1.29 is 19.4 Å². The van der Waals surface area contributed by atoms with Gasteiger partial charge in [-0.05, 0) is 0 Å². The van der Waals surface area contributed by atoms with Crippen LogP contribution in [0.4, 0.5) is 0 Å². The van der Waals surface area contributed by atoms with E-state index in [1.54, 1.807) is 6.92 Å². The van der Waals surface area contributed by atoms with Gasteiger partial charge >= 0.3 is 5.97 Å². The highest BCUT2D eigenvalue weighted by molar-refractivity contribution is 5.69. The van der Waals surface area contributed by atoms with Gasteiger partial charge in [-0.3, -0.25) is 4.79 Å². The van der Waals surface area contributed by atoms with Crippen LogP contribution < -0.4 is 0 Å². The summed E-state index contributed by atoms with van der Waals surface area (Å²) in [6.45, 7) is 2.38. The average molecular weight is 173 g/mol. The second-order valence-corrected chi connectivity index (χ2v) is 2.78. The molecule has 12 heavy (non-hydrogen) atoms. The fraction of sp³-hybridized carbons (Fsp3) is 0.875. The van der Waals surface area contributed by atoms with Crippen LogP contribution in [0.5, 0.6) is 0 Å². The van der Waals surface area contributed by atoms with Gasteiger partial charge in [0.25, 0.3) is 0 Å². The van der Waals surface area contributed by atoms with E-state index >= 15 is 0 Å². The molecule has 1 fully saturated rings. The lowest BCUT2D eigenvalue weighted by Crippen LogP contribution is -2.38. The highest BCUT2D eigenvalue weighted by Crippen LogP contribution is 2.12. The summed E-state index contributed by atoms with van der Waals surface area (Å²) in [5.74, 6) is -0.303. The molecule has 0 aromatic heterocycles. The van der Waals surface area contributed by atoms with Crippen molar-refractivity contribution in [2.75, 3.05) is 13.2 Å². The number of ether oxygens (including phenoxy) is 2. The molecule has 0 bridgehead atoms. The summed E-state index contributed by atoms with van der Waals surface area (Å²) >= 11 is 0. The Labute approximate surface area is 71.5 Å². The second kappa shape index (κ2) is 4.42. The Bertz CT molecular complexity index is 157. The molecule has 1 aliphatic heterocycles. The minimum Gasteiger partial charge on any atom is -0.459 e. The molecule has 0 aromatic rings. The molecule has 0 saturated carbocycles. The molecule has 1 heterocycles. The van der Waals surface area contributed by atoms with Crippen molar-refractivity contribution in [3.05, 3.63) is 0 Å². The highest BCUT2D eigenvalue weighted by Gasteiger charge is 2.27. The van der Waals surface area contributed by atoms with E-state index in [0.717, 1.165) is 0 Å². The number of carbonyl (C=O) groups excluding carboxylic acids is 1. The first-order chi connectivity index (χ1) is 5.74. The Morgan fingerprint density at radius 3 is 3.00 bits per heavy atom. The van der Waals surface area contributed by atoms with Crippen molar-refractivity contribution >= 4 is 5.97 Å². The molecule has 1 aliphatic rings. The predicted molar refractivity (Wildman–Crippen MR) is 40.1 cm³/mol. The van der Waals surface area contributed by atoms with Gasteiger partial charge in [-0.25, -0.2) is 5.11 Å². The van der Waals surface area contributed by atoms with Crippen molar-refractivity contribution in [2.45, 2.75) is 32.0 Å². The maximum Gasteiger partial charge on any atom is 0.305 e. The second-order valence-electron chi connectivity index (χ2n) is 2.78. The first-order valence-electron chi connectivity index (χ1n) is 4.17. The van der Waals surface area contributed by atoms with Gasteiger partial charge in [-0.1, -0.05) is 6.92 Å². The number of hydrogen-bond acceptors (Lipinski definition) is 3. The minimum atomic E-state index is -0.908. The van der Waals surface area contributed by atoms with Crippen LogP contribution >= 0.6 is 0 Å². The minimum absolute atomic E-state index is 0.154. The summed E-state index contributed by atoms with van der Waals surface area (Å²) in [5.41, 5.74) is 0. The van der Waals surface area contributed by atoms with E-state index in [-0.39, 0.29) is 12.6 Å². The monoisotopic (exact) mass is 173 g/mol. The third-order valence-electron chi connectivity index (χ3n) is 1.81. The zero-order chi connectivity index (χ0) is 8.97. The lowest BCUT2D eigenvalue weighted by Gasteiger charge is -2.25. The first-order valence-corrected chi connectivity index (χ1v) is 4.17. The molecule has 0 N–H and O–H groups in total. The molecule has 2 atom stereocenters. The number of rotatable bonds is 2. The molecule has 69 valence electrons. The van der Waals surface area contributed by atoms with Crippen LogP contribution in [0.15, 0.2) is 0 Å². The van der Waals surface area contributed by atoms with E-state index in [0.29, 0.717) is 19.4 Å². The molecule has 1 rings (SSSR count). The van der Waals surface area contributed by atoms with Gasteiger partial charge in [-0.15, -0.1) is 0 Å². The summed E-state index contributed by atoms with van der Waals surface area (Å²) in [7, 11) is 0. The van der Waals surface area contributed by atoms with Crippen molar-refractivity contribution in [1.29, 1.82) is 0 Å². The molecule has 0 amide bonds. The molecule has 0 aliphatic carbocycles. The number of carbonyl (C=O) groups is 1. The topological polar surface area (TPSA) is 55.4 Å². The van der Waals surface area contributed by atoms with Crippen LogP contribution in [-0.2, 0) is 19.4 Å². The summed E-state index contributed by atoms with van der Waals surface area (Å²) in [4.78, 5) is 10.8. The Balaban J connectivity index is 2.33. The van der Waals surface area contributed by atoms with Crippen LogP contribution in [0.3, 0.4) is 0 Å².